The van der Waals surface area contributed by atoms with Crippen LogP contribution in [0.3, 0.4) is 0 Å². The molecule has 1 fully saturated rings. The van der Waals surface area contributed by atoms with Crippen LogP contribution in [-0.4, -0.2) is 33.5 Å². The standard InChI is InChI=1S/C27H23N3O6S/c1-17-3-8-21(13-18(17)2)28-25(31)16-36-23-11-6-19(7-12-23)14-24-26(32)29(27(33)37-24)15-20-4-9-22(10-5-20)30(34)35/h3-14H,15-16H2,1-2H3,(H,28,31)/b24-14-. The van der Waals surface area contributed by atoms with E-state index in [9.17, 15) is 24.5 Å². The summed E-state index contributed by atoms with van der Waals surface area (Å²) in [6.07, 6.45) is 1.61. The number of nitrogens with one attached hydrogen (secondary N) is 1. The molecule has 0 radical (unpaired) electrons. The number of ether oxygens (including phenoxy) is 1. The molecule has 1 saturated heterocycles. The molecule has 3 aromatic carbocycles. The van der Waals surface area contributed by atoms with Crippen molar-refractivity contribution >= 4 is 46.3 Å². The van der Waals surface area contributed by atoms with Crippen LogP contribution in [0.2, 0.25) is 0 Å². The molecule has 10 heteroatoms. The predicted octanol–water partition coefficient (Wildman–Crippen LogP) is 5.47. The topological polar surface area (TPSA) is 119 Å². The lowest BCUT2D eigenvalue weighted by atomic mass is 10.1. The molecule has 0 saturated carbocycles. The molecular weight excluding hydrogens is 494 g/mol. The molecule has 0 aromatic heterocycles. The van der Waals surface area contributed by atoms with Crippen molar-refractivity contribution in [1.82, 2.24) is 4.90 Å². The number of nitro benzene ring substituents is 1. The van der Waals surface area contributed by atoms with E-state index >= 15 is 0 Å². The second-order valence-corrected chi connectivity index (χ2v) is 9.39. The van der Waals surface area contributed by atoms with Gasteiger partial charge < -0.3 is 10.1 Å². The van der Waals surface area contributed by atoms with E-state index in [-0.39, 0.29) is 29.7 Å². The normalized spacial score (nSPS) is 14.2. The van der Waals surface area contributed by atoms with Crippen LogP contribution in [0, 0.1) is 24.0 Å². The maximum absolute atomic E-state index is 12.8. The van der Waals surface area contributed by atoms with Crippen LogP contribution in [0.1, 0.15) is 22.3 Å². The number of carbonyl (C=O) groups is 3. The third-order valence-corrected chi connectivity index (χ3v) is 6.61. The Hall–Kier alpha value is -4.44. The molecule has 1 N–H and O–H groups in total. The second-order valence-electron chi connectivity index (χ2n) is 8.40. The van der Waals surface area contributed by atoms with Crippen molar-refractivity contribution in [3.8, 4) is 5.75 Å². The second kappa shape index (κ2) is 11.1. The molecule has 1 heterocycles. The van der Waals surface area contributed by atoms with Gasteiger partial charge in [-0.3, -0.25) is 29.4 Å². The lowest BCUT2D eigenvalue weighted by molar-refractivity contribution is -0.384. The third kappa shape index (κ3) is 6.42. The molecule has 0 atom stereocenters. The number of aryl methyl sites for hydroxylation is 2. The number of hydrogen-bond acceptors (Lipinski definition) is 7. The first-order valence-corrected chi connectivity index (χ1v) is 12.1. The van der Waals surface area contributed by atoms with E-state index in [0.717, 1.165) is 27.8 Å². The SMILES string of the molecule is Cc1ccc(NC(=O)COc2ccc(/C=C3\SC(=O)N(Cc4ccc([N+](=O)[O-])cc4)C3=O)cc2)cc1C. The summed E-state index contributed by atoms with van der Waals surface area (Å²) in [5.74, 6) is -0.232. The number of nitro groups is 1. The van der Waals surface area contributed by atoms with Crippen molar-refractivity contribution in [2.45, 2.75) is 20.4 Å². The van der Waals surface area contributed by atoms with Crippen molar-refractivity contribution in [1.29, 1.82) is 0 Å². The summed E-state index contributed by atoms with van der Waals surface area (Å²) in [5, 5.41) is 13.2. The lowest BCUT2D eigenvalue weighted by Crippen LogP contribution is -2.27. The van der Waals surface area contributed by atoms with Crippen molar-refractivity contribution in [3.05, 3.63) is 104 Å². The number of thioether (sulfide) groups is 1. The zero-order chi connectivity index (χ0) is 26.5. The quantitative estimate of drug-likeness (QED) is 0.239. The molecule has 9 nitrogen and oxygen atoms in total. The van der Waals surface area contributed by atoms with E-state index in [1.54, 1.807) is 30.3 Å². The van der Waals surface area contributed by atoms with Gasteiger partial charge in [0.1, 0.15) is 5.75 Å². The van der Waals surface area contributed by atoms with Crippen LogP contribution in [0.25, 0.3) is 6.08 Å². The van der Waals surface area contributed by atoms with E-state index in [1.807, 2.05) is 32.0 Å². The summed E-state index contributed by atoms with van der Waals surface area (Å²) in [5.41, 5.74) is 4.16. The molecule has 1 aliphatic heterocycles. The minimum atomic E-state index is -0.510. The van der Waals surface area contributed by atoms with E-state index in [1.165, 1.54) is 24.3 Å². The van der Waals surface area contributed by atoms with Crippen LogP contribution < -0.4 is 10.1 Å². The predicted molar refractivity (Wildman–Crippen MR) is 141 cm³/mol. The van der Waals surface area contributed by atoms with Crippen LogP contribution in [0.5, 0.6) is 5.75 Å². The van der Waals surface area contributed by atoms with E-state index in [4.69, 9.17) is 4.74 Å². The summed E-state index contributed by atoms with van der Waals surface area (Å²) in [6, 6.07) is 18.2. The number of hydrogen-bond donors (Lipinski definition) is 1. The molecule has 1 aliphatic rings. The number of non-ortho nitro benzene ring substituents is 1. The van der Waals surface area contributed by atoms with E-state index in [2.05, 4.69) is 5.32 Å². The molecule has 0 bridgehead atoms. The Kier molecular flexibility index (Phi) is 7.69. The van der Waals surface area contributed by atoms with Crippen molar-refractivity contribution < 1.29 is 24.0 Å². The number of rotatable bonds is 8. The van der Waals surface area contributed by atoms with Crippen LogP contribution >= 0.6 is 11.8 Å². The van der Waals surface area contributed by atoms with Gasteiger partial charge in [0.2, 0.25) is 0 Å². The molecule has 0 spiro atoms. The average Bonchev–Trinajstić information content (AvgIpc) is 3.13. The number of anilines is 1. The monoisotopic (exact) mass is 517 g/mol. The largest absolute Gasteiger partial charge is 0.484 e. The Labute approximate surface area is 217 Å². The number of amides is 3. The average molecular weight is 518 g/mol. The molecule has 4 rings (SSSR count). The number of benzene rings is 3. The van der Waals surface area contributed by atoms with Gasteiger partial charge in [0, 0.05) is 17.8 Å². The maximum atomic E-state index is 12.8. The lowest BCUT2D eigenvalue weighted by Gasteiger charge is -2.12. The molecule has 0 aliphatic carbocycles. The fourth-order valence-corrected chi connectivity index (χ4v) is 4.36. The van der Waals surface area contributed by atoms with Gasteiger partial charge in [-0.1, -0.05) is 30.3 Å². The minimum Gasteiger partial charge on any atom is -0.484 e. The number of nitrogens with zero attached hydrogens (tertiary/aromatic N) is 2. The smallest absolute Gasteiger partial charge is 0.293 e. The van der Waals surface area contributed by atoms with Gasteiger partial charge in [-0.25, -0.2) is 0 Å². The van der Waals surface area contributed by atoms with Gasteiger partial charge in [0.25, 0.3) is 22.7 Å². The Morgan fingerprint density at radius 3 is 2.38 bits per heavy atom. The molecule has 0 unspecified atom stereocenters. The summed E-state index contributed by atoms with van der Waals surface area (Å²) < 4.78 is 5.55. The van der Waals surface area contributed by atoms with E-state index in [0.29, 0.717) is 22.6 Å². The highest BCUT2D eigenvalue weighted by molar-refractivity contribution is 8.18. The highest BCUT2D eigenvalue weighted by atomic mass is 32.2. The zero-order valence-corrected chi connectivity index (χ0v) is 20.9. The van der Waals surface area contributed by atoms with Crippen molar-refractivity contribution in [2.24, 2.45) is 0 Å². The van der Waals surface area contributed by atoms with Crippen molar-refractivity contribution in [3.63, 3.8) is 0 Å². The Morgan fingerprint density at radius 1 is 1.03 bits per heavy atom. The fraction of sp³-hybridized carbons (Fsp3) is 0.148. The van der Waals surface area contributed by atoms with Crippen LogP contribution in [0.15, 0.2) is 71.6 Å². The number of imide groups is 1. The highest BCUT2D eigenvalue weighted by Gasteiger charge is 2.35. The van der Waals surface area contributed by atoms with Crippen LogP contribution in [-0.2, 0) is 16.1 Å². The summed E-state index contributed by atoms with van der Waals surface area (Å²) >= 11 is 0.831. The van der Waals surface area contributed by atoms with Crippen LogP contribution in [0.4, 0.5) is 16.2 Å². The first-order valence-electron chi connectivity index (χ1n) is 11.3. The minimum absolute atomic E-state index is 0.0248. The summed E-state index contributed by atoms with van der Waals surface area (Å²) in [6.45, 7) is 3.84. The molecule has 3 amide bonds. The highest BCUT2D eigenvalue weighted by Crippen LogP contribution is 2.33. The summed E-state index contributed by atoms with van der Waals surface area (Å²) in [7, 11) is 0. The Morgan fingerprint density at radius 2 is 1.73 bits per heavy atom. The van der Waals surface area contributed by atoms with Gasteiger partial charge in [-0.15, -0.1) is 0 Å². The summed E-state index contributed by atoms with van der Waals surface area (Å²) in [4.78, 5) is 49.0. The molecular formula is C27H23N3O6S. The fourth-order valence-electron chi connectivity index (χ4n) is 3.52. The first-order chi connectivity index (χ1) is 17.7. The third-order valence-electron chi connectivity index (χ3n) is 5.70. The van der Waals surface area contributed by atoms with Gasteiger partial charge in [-0.2, -0.15) is 0 Å². The zero-order valence-electron chi connectivity index (χ0n) is 20.1. The van der Waals surface area contributed by atoms with Gasteiger partial charge in [0.05, 0.1) is 16.4 Å². The molecule has 37 heavy (non-hydrogen) atoms. The van der Waals surface area contributed by atoms with Gasteiger partial charge >= 0.3 is 0 Å². The maximum Gasteiger partial charge on any atom is 0.293 e. The molecule has 188 valence electrons. The van der Waals surface area contributed by atoms with Crippen molar-refractivity contribution in [2.75, 3.05) is 11.9 Å². The Balaban J connectivity index is 1.33. The van der Waals surface area contributed by atoms with Gasteiger partial charge in [-0.05, 0) is 78.2 Å². The molecule has 3 aromatic rings. The van der Waals surface area contributed by atoms with Gasteiger partial charge in [0.15, 0.2) is 6.61 Å². The Bertz CT molecular complexity index is 1400. The first kappa shape index (κ1) is 25.6. The number of carbonyl (C=O) groups excluding carboxylic acids is 3. The van der Waals surface area contributed by atoms with E-state index < -0.39 is 16.1 Å².